The van der Waals surface area contributed by atoms with E-state index in [2.05, 4.69) is 5.32 Å². The van der Waals surface area contributed by atoms with Crippen LogP contribution in [0, 0.1) is 0 Å². The Hall–Kier alpha value is -2.52. The molecule has 1 aromatic heterocycles. The van der Waals surface area contributed by atoms with Crippen molar-refractivity contribution in [3.8, 4) is 5.75 Å². The van der Waals surface area contributed by atoms with Crippen molar-refractivity contribution in [1.82, 2.24) is 4.72 Å². The molecule has 3 rings (SSSR count). The summed E-state index contributed by atoms with van der Waals surface area (Å²) >= 11 is 0. The fourth-order valence-electron chi connectivity index (χ4n) is 3.04. The van der Waals surface area contributed by atoms with E-state index in [1.54, 1.807) is 6.07 Å². The number of furan rings is 1. The van der Waals surface area contributed by atoms with Gasteiger partial charge in [0.25, 0.3) is 10.0 Å². The number of aliphatic hydroxyl groups is 1. The van der Waals surface area contributed by atoms with E-state index in [9.17, 15) is 18.3 Å². The average Bonchev–Trinajstić information content (AvgIpc) is 3.24. The van der Waals surface area contributed by atoms with Crippen molar-refractivity contribution in [2.45, 2.75) is 43.8 Å². The second-order valence-electron chi connectivity index (χ2n) is 6.91. The van der Waals surface area contributed by atoms with Crippen LogP contribution in [-0.4, -0.2) is 26.7 Å². The van der Waals surface area contributed by atoms with Gasteiger partial charge < -0.3 is 19.6 Å². The Morgan fingerprint density at radius 3 is 2.67 bits per heavy atom. The van der Waals surface area contributed by atoms with Crippen LogP contribution in [0.25, 0.3) is 0 Å². The summed E-state index contributed by atoms with van der Waals surface area (Å²) in [6, 6.07) is 3.95. The number of carbonyl (C=O) groups is 1. The first-order valence-corrected chi connectivity index (χ1v) is 9.94. The highest BCUT2D eigenvalue weighted by Crippen LogP contribution is 2.36. The van der Waals surface area contributed by atoms with Gasteiger partial charge in [0.15, 0.2) is 0 Å². The molecule has 27 heavy (non-hydrogen) atoms. The van der Waals surface area contributed by atoms with Crippen molar-refractivity contribution in [2.24, 2.45) is 0 Å². The first-order valence-electron chi connectivity index (χ1n) is 8.46. The number of hydrogen-bond acceptors (Lipinski definition) is 6. The Balaban J connectivity index is 1.80. The Morgan fingerprint density at radius 2 is 2.04 bits per heavy atom. The average molecular weight is 394 g/mol. The predicted molar refractivity (Wildman–Crippen MR) is 98.3 cm³/mol. The summed E-state index contributed by atoms with van der Waals surface area (Å²) in [5.41, 5.74) is 1.54. The smallest absolute Gasteiger partial charge is 0.333 e. The topological polar surface area (TPSA) is 118 Å². The summed E-state index contributed by atoms with van der Waals surface area (Å²) in [7, 11) is -2.75. The fourth-order valence-corrected chi connectivity index (χ4v) is 3.89. The third-order valence-corrected chi connectivity index (χ3v) is 5.67. The number of aryl methyl sites for hydroxylation is 1. The first kappa shape index (κ1) is 19.2. The highest BCUT2D eigenvalue weighted by atomic mass is 32.2. The van der Waals surface area contributed by atoms with Crippen molar-refractivity contribution < 1.29 is 27.5 Å². The van der Waals surface area contributed by atoms with Gasteiger partial charge in [-0.15, -0.1) is 0 Å². The molecule has 2 amide bonds. The molecule has 0 unspecified atom stereocenters. The fraction of sp³-hybridized carbons (Fsp3) is 0.389. The van der Waals surface area contributed by atoms with E-state index in [1.807, 2.05) is 10.8 Å². The first-order chi connectivity index (χ1) is 12.6. The highest BCUT2D eigenvalue weighted by molar-refractivity contribution is 7.89. The van der Waals surface area contributed by atoms with E-state index in [-0.39, 0.29) is 5.56 Å². The lowest BCUT2D eigenvalue weighted by atomic mass is 10.0. The van der Waals surface area contributed by atoms with Gasteiger partial charge in [-0.2, -0.15) is 8.42 Å². The number of amides is 2. The summed E-state index contributed by atoms with van der Waals surface area (Å²) in [5, 5.41) is 12.0. The Morgan fingerprint density at radius 1 is 1.30 bits per heavy atom. The van der Waals surface area contributed by atoms with E-state index in [1.165, 1.54) is 27.0 Å². The summed E-state index contributed by atoms with van der Waals surface area (Å²) in [5.74, 6) is 0.463. The third-order valence-electron chi connectivity index (χ3n) is 4.48. The van der Waals surface area contributed by atoms with Gasteiger partial charge in [-0.3, -0.25) is 0 Å². The standard InChI is InChI=1S/C18H22N2O6S/c1-18(2,22)12-9-15(26-10-12)27(23,24)20-17(21)19-16-13-6-4-5-11(13)7-8-14(16)25-3/h7-10,22H,4-6H2,1-3H3,(H2,19,20,21). The molecule has 1 aliphatic carbocycles. The summed E-state index contributed by atoms with van der Waals surface area (Å²) in [4.78, 5) is 12.3. The second kappa shape index (κ2) is 6.90. The molecule has 0 bridgehead atoms. The van der Waals surface area contributed by atoms with Crippen LogP contribution in [-0.2, 0) is 28.5 Å². The van der Waals surface area contributed by atoms with E-state index >= 15 is 0 Å². The minimum absolute atomic E-state index is 0.283. The Bertz CT molecular complexity index is 972. The van der Waals surface area contributed by atoms with Gasteiger partial charge in [0, 0.05) is 11.6 Å². The minimum atomic E-state index is -4.23. The van der Waals surface area contributed by atoms with Gasteiger partial charge in [0.2, 0.25) is 5.09 Å². The zero-order valence-corrected chi connectivity index (χ0v) is 16.1. The molecule has 1 heterocycles. The van der Waals surface area contributed by atoms with Crippen LogP contribution in [0.2, 0.25) is 0 Å². The van der Waals surface area contributed by atoms with Gasteiger partial charge in [0.05, 0.1) is 24.7 Å². The number of ether oxygens (including phenoxy) is 1. The molecule has 8 nitrogen and oxygen atoms in total. The predicted octanol–water partition coefficient (Wildman–Crippen LogP) is 2.51. The van der Waals surface area contributed by atoms with Gasteiger partial charge in [0.1, 0.15) is 5.75 Å². The van der Waals surface area contributed by atoms with Crippen LogP contribution in [0.3, 0.4) is 0 Å². The van der Waals surface area contributed by atoms with E-state index in [4.69, 9.17) is 9.15 Å². The molecule has 0 atom stereocenters. The van der Waals surface area contributed by atoms with Gasteiger partial charge in [-0.05, 0) is 50.3 Å². The van der Waals surface area contributed by atoms with Crippen molar-refractivity contribution >= 4 is 21.7 Å². The van der Waals surface area contributed by atoms with Crippen LogP contribution < -0.4 is 14.8 Å². The Kier molecular flexibility index (Phi) is 4.92. The summed E-state index contributed by atoms with van der Waals surface area (Å²) in [6.45, 7) is 2.99. The van der Waals surface area contributed by atoms with Crippen molar-refractivity contribution in [2.75, 3.05) is 12.4 Å². The van der Waals surface area contributed by atoms with Crippen LogP contribution >= 0.6 is 0 Å². The van der Waals surface area contributed by atoms with E-state index in [0.717, 1.165) is 36.7 Å². The molecule has 2 aromatic rings. The molecule has 0 spiro atoms. The molecular weight excluding hydrogens is 372 g/mol. The lowest BCUT2D eigenvalue weighted by molar-refractivity contribution is 0.0779. The maximum absolute atomic E-state index is 12.4. The summed E-state index contributed by atoms with van der Waals surface area (Å²) < 4.78 is 37.0. The normalized spacial score (nSPS) is 13.9. The molecule has 0 fully saturated rings. The van der Waals surface area contributed by atoms with Gasteiger partial charge >= 0.3 is 6.03 Å². The van der Waals surface area contributed by atoms with Crippen molar-refractivity contribution in [1.29, 1.82) is 0 Å². The van der Waals surface area contributed by atoms with Crippen LogP contribution in [0.15, 0.2) is 34.0 Å². The van der Waals surface area contributed by atoms with Gasteiger partial charge in [-0.1, -0.05) is 6.07 Å². The van der Waals surface area contributed by atoms with Crippen LogP contribution in [0.4, 0.5) is 10.5 Å². The monoisotopic (exact) mass is 394 g/mol. The lowest BCUT2D eigenvalue weighted by Crippen LogP contribution is -2.34. The third kappa shape index (κ3) is 3.93. The quantitative estimate of drug-likeness (QED) is 0.717. The zero-order chi connectivity index (χ0) is 19.8. The number of rotatable bonds is 5. The largest absolute Gasteiger partial charge is 0.495 e. The molecule has 146 valence electrons. The number of sulfonamides is 1. The van der Waals surface area contributed by atoms with Crippen LogP contribution in [0.5, 0.6) is 5.75 Å². The van der Waals surface area contributed by atoms with Crippen LogP contribution in [0.1, 0.15) is 37.0 Å². The number of nitrogens with one attached hydrogen (secondary N) is 2. The number of methoxy groups -OCH3 is 1. The number of hydrogen-bond donors (Lipinski definition) is 3. The highest BCUT2D eigenvalue weighted by Gasteiger charge is 2.27. The maximum atomic E-state index is 12.4. The number of urea groups is 1. The number of benzene rings is 1. The molecule has 9 heteroatoms. The summed E-state index contributed by atoms with van der Waals surface area (Å²) in [6.07, 6.45) is 3.78. The second-order valence-corrected chi connectivity index (χ2v) is 8.52. The molecule has 1 aliphatic rings. The maximum Gasteiger partial charge on any atom is 0.333 e. The number of carbonyl (C=O) groups excluding carboxylic acids is 1. The zero-order valence-electron chi connectivity index (χ0n) is 15.3. The van der Waals surface area contributed by atoms with Crippen molar-refractivity contribution in [3.05, 3.63) is 41.2 Å². The molecule has 3 N–H and O–H groups in total. The lowest BCUT2D eigenvalue weighted by Gasteiger charge is -2.15. The number of fused-ring (bicyclic) bond motifs is 1. The SMILES string of the molecule is COc1ccc2c(c1NC(=O)NS(=O)(=O)c1cc(C(C)(C)O)co1)CCC2. The number of anilines is 1. The molecule has 0 saturated heterocycles. The molecule has 1 aromatic carbocycles. The molecule has 0 aliphatic heterocycles. The minimum Gasteiger partial charge on any atom is -0.495 e. The molecule has 0 radical (unpaired) electrons. The van der Waals surface area contributed by atoms with Crippen molar-refractivity contribution in [3.63, 3.8) is 0 Å². The van der Waals surface area contributed by atoms with E-state index in [0.29, 0.717) is 11.4 Å². The van der Waals surface area contributed by atoms with E-state index < -0.39 is 26.7 Å². The van der Waals surface area contributed by atoms with Gasteiger partial charge in [-0.25, -0.2) is 9.52 Å². The molecular formula is C18H22N2O6S. The Labute approximate surface area is 157 Å². The molecule has 0 saturated carbocycles.